The van der Waals surface area contributed by atoms with Crippen LogP contribution >= 0.6 is 35.6 Å². The maximum atomic E-state index is 15.5. The van der Waals surface area contributed by atoms with Gasteiger partial charge in [-0.15, -0.1) is 12.4 Å². The van der Waals surface area contributed by atoms with Crippen molar-refractivity contribution in [1.29, 1.82) is 0 Å². The van der Waals surface area contributed by atoms with Gasteiger partial charge >= 0.3 is 17.9 Å². The average molecular weight is 1200 g/mol. The highest BCUT2D eigenvalue weighted by molar-refractivity contribution is 6.30. The van der Waals surface area contributed by atoms with Gasteiger partial charge in [-0.05, 0) is 58.7 Å². The number of aliphatic hydroxyl groups excluding tert-OH is 3. The number of halogens is 5. The number of esters is 3. The summed E-state index contributed by atoms with van der Waals surface area (Å²) in [6.07, 6.45) is -8.40. The third-order valence-corrected chi connectivity index (χ3v) is 13.2. The molecule has 8 aromatic rings. The van der Waals surface area contributed by atoms with Crippen molar-refractivity contribution in [2.45, 2.75) is 75.1 Å². The van der Waals surface area contributed by atoms with Crippen LogP contribution in [0.2, 0.25) is 10.0 Å². The van der Waals surface area contributed by atoms with Crippen LogP contribution in [0.5, 0.6) is 0 Å². The zero-order valence-corrected chi connectivity index (χ0v) is 46.2. The van der Waals surface area contributed by atoms with Gasteiger partial charge in [0.2, 0.25) is 0 Å². The summed E-state index contributed by atoms with van der Waals surface area (Å²) in [6, 6.07) is 29.3. The van der Waals surface area contributed by atoms with Gasteiger partial charge in [0.1, 0.15) is 43.2 Å². The summed E-state index contributed by atoms with van der Waals surface area (Å²) in [5, 5.41) is 32.5. The molecule has 4 aromatic heterocycles. The standard InChI is InChI=1S/C35H30ClFN4O8.C18H18ClFN4O5.CH5NO.ClH/c1-19(42)46-30-29(48-34(31(30)47-20(2)43)41-17-26(37)27-32(40-45-3)38-18-39-33(27)41)28(23-13-15-25(36)16-14-23)49-35(44)24-11-9-22(10-12-24)21-7-5-4-6-8-21;1-28-23-16-11-10(20)6-24(17(11)22-7-21-16)18-14(27)13(26)15(29-18)12(25)8-2-4-9(19)5-3-8;1-3-2;/h4-18,28-31,34H,1-3H3,(H,38,39,40);2-7,12-15,18,25-27H,1H3,(H,21,22,23);2H2,1H3;1H/t28-,29-,30-,31-,34-;12-,13+,14-,15-,18-;;/m11../s1. The van der Waals surface area contributed by atoms with Gasteiger partial charge in [0, 0.05) is 36.3 Å². The lowest BCUT2D eigenvalue weighted by Crippen LogP contribution is -2.41. The fourth-order valence-electron chi connectivity index (χ4n) is 9.21. The van der Waals surface area contributed by atoms with Gasteiger partial charge in [0.15, 0.2) is 65.3 Å². The van der Waals surface area contributed by atoms with Crippen LogP contribution in [-0.4, -0.2) is 120 Å². The third-order valence-electron chi connectivity index (χ3n) is 12.7. The van der Waals surface area contributed by atoms with Crippen LogP contribution in [0.15, 0.2) is 128 Å². The van der Waals surface area contributed by atoms with Crippen molar-refractivity contribution in [3.05, 3.63) is 167 Å². The van der Waals surface area contributed by atoms with Gasteiger partial charge in [0.25, 0.3) is 0 Å². The Balaban J connectivity index is 0.000000249. The van der Waals surface area contributed by atoms with Crippen LogP contribution in [0, 0.1) is 11.6 Å². The number of benzene rings is 4. The fourth-order valence-corrected chi connectivity index (χ4v) is 9.46. The smallest absolute Gasteiger partial charge is 0.338 e. The van der Waals surface area contributed by atoms with Gasteiger partial charge in [-0.1, -0.05) is 89.9 Å². The van der Waals surface area contributed by atoms with Crippen LogP contribution in [0.4, 0.5) is 20.4 Å². The number of hydrogen-bond acceptors (Lipinski definition) is 21. The van der Waals surface area contributed by atoms with Crippen LogP contribution < -0.4 is 16.9 Å². The molecule has 0 aliphatic carbocycles. The number of carbonyl (C=O) groups is 3. The molecule has 2 aliphatic heterocycles. The van der Waals surface area contributed by atoms with Crippen molar-refractivity contribution >= 4 is 87.2 Å². The minimum Gasteiger partial charge on any atom is -0.455 e. The second-order valence-corrected chi connectivity index (χ2v) is 18.8. The predicted molar refractivity (Wildman–Crippen MR) is 294 cm³/mol. The monoisotopic (exact) mass is 1200 g/mol. The number of aromatic nitrogens is 6. The molecule has 0 unspecified atom stereocenters. The number of rotatable bonds is 15. The number of fused-ring (bicyclic) bond motifs is 2. The van der Waals surface area contributed by atoms with Crippen molar-refractivity contribution in [3.8, 4) is 11.1 Å². The first-order valence-electron chi connectivity index (χ1n) is 24.4. The van der Waals surface area contributed by atoms with E-state index >= 15 is 4.39 Å². The molecule has 0 radical (unpaired) electrons. The Hall–Kier alpha value is -7.50. The second-order valence-electron chi connectivity index (χ2n) is 17.9. The summed E-state index contributed by atoms with van der Waals surface area (Å²) in [5.41, 5.74) is 8.12. The normalized spacial score (nSPS) is 20.7. The Morgan fingerprint density at radius 2 is 1.11 bits per heavy atom. The number of nitrogens with one attached hydrogen (secondary N) is 2. The quantitative estimate of drug-likeness (QED) is 0.0325. The minimum absolute atomic E-state index is 0. The van der Waals surface area contributed by atoms with Crippen molar-refractivity contribution in [1.82, 2.24) is 29.1 Å². The molecule has 10 atom stereocenters. The van der Waals surface area contributed by atoms with E-state index in [1.807, 2.05) is 30.3 Å². The van der Waals surface area contributed by atoms with Gasteiger partial charge in [-0.3, -0.25) is 23.8 Å². The highest BCUT2D eigenvalue weighted by atomic mass is 35.5. The topological polar surface area (TPSA) is 297 Å². The molecular weight excluding hydrogens is 1140 g/mol. The van der Waals surface area contributed by atoms with E-state index in [4.69, 9.17) is 56.6 Å². The van der Waals surface area contributed by atoms with Crippen molar-refractivity contribution in [2.24, 2.45) is 5.90 Å². The number of anilines is 2. The summed E-state index contributed by atoms with van der Waals surface area (Å²) in [5.74, 6) is 0.886. The zero-order chi connectivity index (χ0) is 58.1. The SMILES string of the molecule is CON.CONc1ncnc2c1c(F)cn2[C@@H]1O[C@H]([C@H](O)c2ccc(Cl)cc2)[C@@H](O)[C@H]1O.CONc1ncnc2c1c(F)cn2[C@@H]1O[C@H]([C@H](OC(=O)c2ccc(-c3ccccc3)cc2)c2ccc(Cl)cc2)[C@@H](OC(C)=O)[C@H]1OC(C)=O.Cl. The number of nitrogens with zero attached hydrogens (tertiary/aromatic N) is 6. The second kappa shape index (κ2) is 28.0. The molecular formula is C54H54Cl3F2N9O14. The van der Waals surface area contributed by atoms with Crippen LogP contribution in [-0.2, 0) is 47.8 Å². The van der Waals surface area contributed by atoms with E-state index in [0.717, 1.165) is 23.5 Å². The molecule has 7 N–H and O–H groups in total. The summed E-state index contributed by atoms with van der Waals surface area (Å²) in [4.78, 5) is 68.4. The van der Waals surface area contributed by atoms with E-state index in [9.17, 15) is 34.1 Å². The highest BCUT2D eigenvalue weighted by Crippen LogP contribution is 2.44. The lowest BCUT2D eigenvalue weighted by atomic mass is 9.98. The lowest BCUT2D eigenvalue weighted by Gasteiger charge is -2.28. The number of aliphatic hydroxyl groups is 3. The first-order valence-corrected chi connectivity index (χ1v) is 25.1. The molecule has 2 aliphatic rings. The van der Waals surface area contributed by atoms with E-state index < -0.39 is 90.8 Å². The first kappa shape index (κ1) is 62.1. The number of nitrogens with two attached hydrogens (primary N) is 1. The average Bonchev–Trinajstić information content (AvgIpc) is 4.24. The van der Waals surface area contributed by atoms with E-state index in [0.29, 0.717) is 21.2 Å². The van der Waals surface area contributed by atoms with Crippen molar-refractivity contribution < 1.29 is 76.7 Å². The highest BCUT2D eigenvalue weighted by Gasteiger charge is 2.55. The fraction of sp³-hybridized carbons (Fsp3) is 0.278. The van der Waals surface area contributed by atoms with Crippen molar-refractivity contribution in [3.63, 3.8) is 0 Å². The predicted octanol–water partition coefficient (Wildman–Crippen LogP) is 7.70. The largest absolute Gasteiger partial charge is 0.455 e. The molecule has 28 heteroatoms. The van der Waals surface area contributed by atoms with E-state index in [1.54, 1.807) is 72.8 Å². The number of carbonyl (C=O) groups excluding carboxylic acids is 3. The molecule has 434 valence electrons. The summed E-state index contributed by atoms with van der Waals surface area (Å²) < 4.78 is 62.3. The molecule has 0 bridgehead atoms. The molecule has 0 spiro atoms. The third kappa shape index (κ3) is 13.7. The molecule has 0 amide bonds. The number of ether oxygens (including phenoxy) is 5. The maximum Gasteiger partial charge on any atom is 0.338 e. The summed E-state index contributed by atoms with van der Waals surface area (Å²) >= 11 is 12.0. The first-order chi connectivity index (χ1) is 39.0. The minimum atomic E-state index is -1.44. The zero-order valence-electron chi connectivity index (χ0n) is 43.9. The van der Waals surface area contributed by atoms with Crippen molar-refractivity contribution in [2.75, 3.05) is 32.3 Å². The molecule has 6 heterocycles. The van der Waals surface area contributed by atoms with E-state index in [2.05, 4.69) is 41.6 Å². The van der Waals surface area contributed by atoms with E-state index in [1.165, 1.54) is 57.0 Å². The molecule has 23 nitrogen and oxygen atoms in total. The van der Waals surface area contributed by atoms with Crippen LogP contribution in [0.1, 0.15) is 60.0 Å². The van der Waals surface area contributed by atoms with E-state index in [-0.39, 0.29) is 51.7 Å². The van der Waals surface area contributed by atoms with Crippen LogP contribution in [0.3, 0.4) is 0 Å². The van der Waals surface area contributed by atoms with Gasteiger partial charge < -0.3 is 48.4 Å². The van der Waals surface area contributed by atoms with Gasteiger partial charge in [0.05, 0.1) is 37.7 Å². The Morgan fingerprint density at radius 3 is 1.61 bits per heavy atom. The van der Waals surface area contributed by atoms with Gasteiger partial charge in [-0.25, -0.2) is 50.4 Å². The Kier molecular flexibility index (Phi) is 21.2. The Labute approximate surface area is 482 Å². The van der Waals surface area contributed by atoms with Gasteiger partial charge in [-0.2, -0.15) is 0 Å². The molecule has 2 fully saturated rings. The summed E-state index contributed by atoms with van der Waals surface area (Å²) in [7, 11) is 4.09. The number of hydrogen-bond donors (Lipinski definition) is 6. The molecule has 0 saturated carbocycles. The summed E-state index contributed by atoms with van der Waals surface area (Å²) in [6.45, 7) is 2.34. The van der Waals surface area contributed by atoms with Crippen LogP contribution in [0.25, 0.3) is 33.2 Å². The Bertz CT molecular complexity index is 3450. The Morgan fingerprint density at radius 1 is 0.646 bits per heavy atom. The maximum absolute atomic E-state index is 15.5. The molecule has 10 rings (SSSR count). The lowest BCUT2D eigenvalue weighted by molar-refractivity contribution is -0.166. The molecule has 82 heavy (non-hydrogen) atoms. The molecule has 2 saturated heterocycles. The molecule has 4 aromatic carbocycles.